The lowest BCUT2D eigenvalue weighted by atomic mass is 9.88. The van der Waals surface area contributed by atoms with E-state index in [4.69, 9.17) is 15.2 Å². The van der Waals surface area contributed by atoms with Crippen molar-refractivity contribution >= 4 is 20.0 Å². The van der Waals surface area contributed by atoms with E-state index in [1.54, 1.807) is 24.3 Å². The van der Waals surface area contributed by atoms with Crippen LogP contribution in [0.5, 0.6) is 5.75 Å². The van der Waals surface area contributed by atoms with Crippen LogP contribution >= 0.6 is 0 Å². The van der Waals surface area contributed by atoms with Crippen molar-refractivity contribution < 1.29 is 31.4 Å². The van der Waals surface area contributed by atoms with Gasteiger partial charge in [-0.05, 0) is 67.3 Å². The minimum atomic E-state index is -3.63. The molecule has 3 aromatic carbocycles. The van der Waals surface area contributed by atoms with Crippen molar-refractivity contribution in [3.05, 3.63) is 78.4 Å². The average Bonchev–Trinajstić information content (AvgIpc) is 3.45. The molecule has 238 valence electrons. The van der Waals surface area contributed by atoms with Gasteiger partial charge in [-0.2, -0.15) is 4.31 Å². The first kappa shape index (κ1) is 32.5. The van der Waals surface area contributed by atoms with E-state index < -0.39 is 31.8 Å². The van der Waals surface area contributed by atoms with Crippen molar-refractivity contribution in [3.63, 3.8) is 0 Å². The van der Waals surface area contributed by atoms with Gasteiger partial charge in [-0.25, -0.2) is 21.6 Å². The fraction of sp³-hybridized carbons (Fsp3) is 0.419. The highest BCUT2D eigenvalue weighted by Crippen LogP contribution is 2.37. The van der Waals surface area contributed by atoms with Crippen molar-refractivity contribution in [3.8, 4) is 16.9 Å². The fourth-order valence-corrected chi connectivity index (χ4v) is 7.87. The second-order valence-corrected chi connectivity index (χ2v) is 15.1. The Hall–Kier alpha value is -2.88. The number of hydrogen-bond donors (Lipinski definition) is 4. The summed E-state index contributed by atoms with van der Waals surface area (Å²) in [5.41, 5.74) is 8.26. The molecule has 2 heterocycles. The Balaban J connectivity index is 1.08. The van der Waals surface area contributed by atoms with E-state index in [1.165, 1.54) is 23.5 Å². The van der Waals surface area contributed by atoms with Crippen molar-refractivity contribution in [2.75, 3.05) is 39.9 Å². The summed E-state index contributed by atoms with van der Waals surface area (Å²) in [5, 5.41) is 13.8. The lowest BCUT2D eigenvalue weighted by molar-refractivity contribution is -0.0312. The second-order valence-electron chi connectivity index (χ2n) is 11.3. The maximum absolute atomic E-state index is 13.4. The molecule has 2 aliphatic heterocycles. The summed E-state index contributed by atoms with van der Waals surface area (Å²) in [6.45, 7) is 1.95. The van der Waals surface area contributed by atoms with Gasteiger partial charge < -0.3 is 25.6 Å². The van der Waals surface area contributed by atoms with Crippen LogP contribution in [0.15, 0.2) is 82.6 Å². The highest BCUT2D eigenvalue weighted by molar-refractivity contribution is 7.89. The van der Waals surface area contributed by atoms with Gasteiger partial charge in [0.05, 0.1) is 22.0 Å². The molecule has 2 fully saturated rings. The van der Waals surface area contributed by atoms with Crippen LogP contribution < -0.4 is 20.5 Å². The van der Waals surface area contributed by atoms with Gasteiger partial charge in [-0.15, -0.1) is 0 Å². The zero-order valence-electron chi connectivity index (χ0n) is 24.7. The third-order valence-corrected chi connectivity index (χ3v) is 11.7. The van der Waals surface area contributed by atoms with Crippen LogP contribution in [0, 0.1) is 0 Å². The van der Waals surface area contributed by atoms with Gasteiger partial charge in [0, 0.05) is 38.3 Å². The molecule has 2 saturated heterocycles. The minimum Gasteiger partial charge on any atom is -0.491 e. The molecular formula is C31H40N4O7S2. The molecule has 0 amide bonds. The molecule has 44 heavy (non-hydrogen) atoms. The number of nitrogens with two attached hydrogens (primary N) is 1. The number of piperidine rings is 1. The standard InChI is InChI=1S/C31H40N4O7S2/c1-33-43(37,38)30-4-2-3-28(17-30)41-22-27(36)20-34-26-18-31(42-21-26)13-15-35(16-14-31)44(39,40)29-11-9-25(10-12-29)24-7-5-23(19-32)6-8-24/h2-12,17,26-27,33-34,36H,13-16,18-22,32H2,1H3. The molecule has 13 heteroatoms. The van der Waals surface area contributed by atoms with Gasteiger partial charge in [0.25, 0.3) is 0 Å². The third kappa shape index (κ3) is 7.49. The number of nitrogens with zero attached hydrogens (tertiary/aromatic N) is 1. The Bertz CT molecular complexity index is 1620. The smallest absolute Gasteiger partial charge is 0.243 e. The van der Waals surface area contributed by atoms with E-state index in [-0.39, 0.29) is 29.0 Å². The summed E-state index contributed by atoms with van der Waals surface area (Å²) in [6, 6.07) is 21.0. The van der Waals surface area contributed by atoms with Gasteiger partial charge >= 0.3 is 0 Å². The fourth-order valence-electron chi connectivity index (χ4n) is 5.66. The molecule has 3 aromatic rings. The van der Waals surface area contributed by atoms with Gasteiger partial charge in [0.1, 0.15) is 18.5 Å². The quantitative estimate of drug-likeness (QED) is 0.231. The van der Waals surface area contributed by atoms with Crippen molar-refractivity contribution in [1.29, 1.82) is 0 Å². The van der Waals surface area contributed by atoms with Gasteiger partial charge in [-0.3, -0.25) is 0 Å². The molecule has 2 unspecified atom stereocenters. The van der Waals surface area contributed by atoms with E-state index in [9.17, 15) is 21.9 Å². The van der Waals surface area contributed by atoms with E-state index in [0.29, 0.717) is 44.8 Å². The number of hydrogen-bond acceptors (Lipinski definition) is 9. The molecule has 0 radical (unpaired) electrons. The van der Waals surface area contributed by atoms with Crippen molar-refractivity contribution in [2.45, 2.75) is 53.3 Å². The summed E-state index contributed by atoms with van der Waals surface area (Å²) in [5.74, 6) is 0.346. The lowest BCUT2D eigenvalue weighted by Crippen LogP contribution is -2.47. The Morgan fingerprint density at radius 3 is 2.30 bits per heavy atom. The molecule has 0 aliphatic carbocycles. The Morgan fingerprint density at radius 1 is 1.00 bits per heavy atom. The molecule has 0 aromatic heterocycles. The maximum atomic E-state index is 13.4. The predicted molar refractivity (Wildman–Crippen MR) is 167 cm³/mol. The summed E-state index contributed by atoms with van der Waals surface area (Å²) < 4.78 is 66.4. The van der Waals surface area contributed by atoms with Crippen LogP contribution in [0.25, 0.3) is 11.1 Å². The van der Waals surface area contributed by atoms with E-state index in [1.807, 2.05) is 36.4 Å². The van der Waals surface area contributed by atoms with Crippen LogP contribution in [-0.4, -0.2) is 83.9 Å². The van der Waals surface area contributed by atoms with Gasteiger partial charge in [0.15, 0.2) is 0 Å². The largest absolute Gasteiger partial charge is 0.491 e. The monoisotopic (exact) mass is 644 g/mol. The van der Waals surface area contributed by atoms with E-state index in [2.05, 4.69) is 10.0 Å². The van der Waals surface area contributed by atoms with Crippen LogP contribution in [-0.2, 0) is 31.3 Å². The first-order chi connectivity index (χ1) is 21.0. The summed E-state index contributed by atoms with van der Waals surface area (Å²) in [4.78, 5) is 0.356. The second kappa shape index (κ2) is 13.6. The molecule has 0 saturated carbocycles. The molecular weight excluding hydrogens is 604 g/mol. The zero-order chi connectivity index (χ0) is 31.4. The normalized spacial score (nSPS) is 19.7. The highest BCUT2D eigenvalue weighted by atomic mass is 32.2. The number of rotatable bonds is 12. The maximum Gasteiger partial charge on any atom is 0.243 e. The zero-order valence-corrected chi connectivity index (χ0v) is 26.3. The number of nitrogens with one attached hydrogen (secondary N) is 2. The van der Waals surface area contributed by atoms with Crippen LogP contribution in [0.4, 0.5) is 0 Å². The molecule has 1 spiro atoms. The third-order valence-electron chi connectivity index (χ3n) is 8.33. The summed E-state index contributed by atoms with van der Waals surface area (Å²) in [7, 11) is -5.89. The number of sulfonamides is 2. The van der Waals surface area contributed by atoms with Crippen molar-refractivity contribution in [2.24, 2.45) is 5.73 Å². The molecule has 2 atom stereocenters. The topological polar surface area (TPSA) is 160 Å². The summed E-state index contributed by atoms with van der Waals surface area (Å²) >= 11 is 0. The Labute approximate surface area is 259 Å². The molecule has 11 nitrogen and oxygen atoms in total. The number of ether oxygens (including phenoxy) is 2. The first-order valence-corrected chi connectivity index (χ1v) is 17.6. The van der Waals surface area contributed by atoms with Crippen LogP contribution in [0.3, 0.4) is 0 Å². The van der Waals surface area contributed by atoms with E-state index >= 15 is 0 Å². The van der Waals surface area contributed by atoms with E-state index in [0.717, 1.165) is 23.1 Å². The van der Waals surface area contributed by atoms with Crippen LogP contribution in [0.1, 0.15) is 24.8 Å². The highest BCUT2D eigenvalue weighted by Gasteiger charge is 2.44. The lowest BCUT2D eigenvalue weighted by Gasteiger charge is -2.38. The number of aliphatic hydroxyl groups excluding tert-OH is 1. The SMILES string of the molecule is CNS(=O)(=O)c1cccc(OCC(O)CNC2COC3(CCN(S(=O)(=O)c4ccc(-c5ccc(CN)cc5)cc4)CC3)C2)c1. The van der Waals surface area contributed by atoms with Gasteiger partial charge in [0.2, 0.25) is 20.0 Å². The van der Waals surface area contributed by atoms with Crippen LogP contribution in [0.2, 0.25) is 0 Å². The summed E-state index contributed by atoms with van der Waals surface area (Å²) in [6.07, 6.45) is 1.08. The molecule has 5 rings (SSSR count). The molecule has 2 aliphatic rings. The van der Waals surface area contributed by atoms with Crippen molar-refractivity contribution in [1.82, 2.24) is 14.3 Å². The first-order valence-electron chi connectivity index (χ1n) is 14.6. The number of benzene rings is 3. The average molecular weight is 645 g/mol. The Kier molecular flexibility index (Phi) is 10.1. The minimum absolute atomic E-state index is 0.0108. The predicted octanol–water partition coefficient (Wildman–Crippen LogP) is 2.06. The molecule has 0 bridgehead atoms. The van der Waals surface area contributed by atoms with Gasteiger partial charge in [-0.1, -0.05) is 42.5 Å². The number of aliphatic hydroxyl groups is 1. The Morgan fingerprint density at radius 2 is 1.66 bits per heavy atom. The molecule has 5 N–H and O–H groups in total.